The van der Waals surface area contributed by atoms with E-state index < -0.39 is 16.7 Å². The van der Waals surface area contributed by atoms with E-state index in [4.69, 9.17) is 0 Å². The minimum Gasteiger partial charge on any atom is -0.272 e. The Balaban J connectivity index is 1.56. The molecule has 2 N–H and O–H groups in total. The van der Waals surface area contributed by atoms with Gasteiger partial charge in [0.1, 0.15) is 0 Å². The molecule has 1 heterocycles. The molecule has 0 aliphatic heterocycles. The van der Waals surface area contributed by atoms with E-state index in [9.17, 15) is 19.7 Å². The molecule has 2 aromatic carbocycles. The Morgan fingerprint density at radius 3 is 2.53 bits per heavy atom. The Bertz CT molecular complexity index is 1090. The average Bonchev–Trinajstić information content (AvgIpc) is 2.76. The van der Waals surface area contributed by atoms with E-state index in [1.807, 2.05) is 43.3 Å². The number of amides is 2. The topological polar surface area (TPSA) is 127 Å². The number of hydrogen-bond donors (Lipinski definition) is 2. The lowest BCUT2D eigenvalue weighted by Crippen LogP contribution is -2.42. The number of aromatic nitrogens is 2. The van der Waals surface area contributed by atoms with Crippen LogP contribution in [0.25, 0.3) is 11.3 Å². The Labute approximate surface area is 176 Å². The van der Waals surface area contributed by atoms with Crippen LogP contribution in [0.2, 0.25) is 0 Å². The molecule has 3 rings (SSSR count). The van der Waals surface area contributed by atoms with Crippen LogP contribution in [0, 0.1) is 17.0 Å². The highest BCUT2D eigenvalue weighted by molar-refractivity contribution is 7.99. The molecular weight excluding hydrogens is 406 g/mol. The zero-order valence-electron chi connectivity index (χ0n) is 15.9. The van der Waals surface area contributed by atoms with Gasteiger partial charge in [-0.2, -0.15) is 0 Å². The molecule has 0 aliphatic carbocycles. The van der Waals surface area contributed by atoms with Crippen LogP contribution in [0.5, 0.6) is 0 Å². The van der Waals surface area contributed by atoms with Gasteiger partial charge in [-0.3, -0.25) is 30.6 Å². The zero-order valence-corrected chi connectivity index (χ0v) is 16.7. The van der Waals surface area contributed by atoms with Crippen LogP contribution in [-0.4, -0.2) is 32.5 Å². The fourth-order valence-corrected chi connectivity index (χ4v) is 3.19. The predicted octanol–water partition coefficient (Wildman–Crippen LogP) is 2.91. The van der Waals surface area contributed by atoms with Crippen molar-refractivity contribution in [1.29, 1.82) is 0 Å². The average molecular weight is 423 g/mol. The number of nitrogens with zero attached hydrogens (tertiary/aromatic N) is 3. The third kappa shape index (κ3) is 5.61. The Morgan fingerprint density at radius 1 is 1.03 bits per heavy atom. The summed E-state index contributed by atoms with van der Waals surface area (Å²) in [4.78, 5) is 43.1. The summed E-state index contributed by atoms with van der Waals surface area (Å²) in [5.74, 6) is -1.15. The second-order valence-corrected chi connectivity index (χ2v) is 7.08. The maximum Gasteiger partial charge on any atom is 0.270 e. The molecule has 0 spiro atoms. The summed E-state index contributed by atoms with van der Waals surface area (Å²) in [5.41, 5.74) is 6.83. The lowest BCUT2D eigenvalue weighted by atomic mass is 10.1. The molecule has 152 valence electrons. The molecular formula is C20H17N5O4S. The monoisotopic (exact) mass is 423 g/mol. The van der Waals surface area contributed by atoms with E-state index >= 15 is 0 Å². The van der Waals surface area contributed by atoms with Gasteiger partial charge in [-0.1, -0.05) is 48.2 Å². The van der Waals surface area contributed by atoms with Crippen molar-refractivity contribution in [1.82, 2.24) is 20.8 Å². The van der Waals surface area contributed by atoms with Gasteiger partial charge in [-0.25, -0.2) is 9.97 Å². The standard InChI is InChI=1S/C20H17N5O4S/c1-13-10-17(14-6-3-2-4-7-14)22-20(21-13)30-12-18(26)23-24-19(27)15-8-5-9-16(11-15)25(28)29/h2-11H,12H2,1H3,(H,23,26)(H,24,27). The van der Waals surface area contributed by atoms with E-state index in [-0.39, 0.29) is 17.0 Å². The van der Waals surface area contributed by atoms with Gasteiger partial charge in [0.2, 0.25) is 5.91 Å². The summed E-state index contributed by atoms with van der Waals surface area (Å²) in [6, 6.07) is 16.7. The fraction of sp³-hybridized carbons (Fsp3) is 0.100. The molecule has 0 atom stereocenters. The summed E-state index contributed by atoms with van der Waals surface area (Å²) >= 11 is 1.13. The molecule has 0 aliphatic rings. The van der Waals surface area contributed by atoms with E-state index in [0.29, 0.717) is 5.16 Å². The molecule has 0 saturated heterocycles. The summed E-state index contributed by atoms with van der Waals surface area (Å²) < 4.78 is 0. The van der Waals surface area contributed by atoms with Crippen molar-refractivity contribution in [2.24, 2.45) is 0 Å². The third-order valence-electron chi connectivity index (χ3n) is 3.87. The molecule has 3 aromatic rings. The van der Waals surface area contributed by atoms with E-state index in [1.165, 1.54) is 18.2 Å². The smallest absolute Gasteiger partial charge is 0.270 e. The van der Waals surface area contributed by atoms with Gasteiger partial charge in [0.05, 0.1) is 16.4 Å². The van der Waals surface area contributed by atoms with Crippen LogP contribution in [-0.2, 0) is 4.79 Å². The normalized spacial score (nSPS) is 10.3. The van der Waals surface area contributed by atoms with Gasteiger partial charge >= 0.3 is 0 Å². The second kappa shape index (κ2) is 9.61. The molecule has 9 nitrogen and oxygen atoms in total. The molecule has 30 heavy (non-hydrogen) atoms. The number of aryl methyl sites for hydroxylation is 1. The third-order valence-corrected chi connectivity index (χ3v) is 4.72. The number of benzene rings is 2. The second-order valence-electron chi connectivity index (χ2n) is 6.14. The first kappa shape index (κ1) is 20.9. The van der Waals surface area contributed by atoms with Gasteiger partial charge in [-0.15, -0.1) is 0 Å². The molecule has 0 radical (unpaired) electrons. The van der Waals surface area contributed by atoms with Crippen molar-refractivity contribution < 1.29 is 14.5 Å². The van der Waals surface area contributed by atoms with E-state index in [0.717, 1.165) is 34.8 Å². The molecule has 2 amide bonds. The number of carbonyl (C=O) groups excluding carboxylic acids is 2. The molecule has 0 fully saturated rings. The molecule has 0 saturated carbocycles. The number of thioether (sulfide) groups is 1. The number of carbonyl (C=O) groups is 2. The van der Waals surface area contributed by atoms with Crippen molar-refractivity contribution >= 4 is 29.3 Å². The molecule has 10 heteroatoms. The van der Waals surface area contributed by atoms with Gasteiger partial charge < -0.3 is 0 Å². The minimum absolute atomic E-state index is 0.0209. The zero-order chi connectivity index (χ0) is 21.5. The van der Waals surface area contributed by atoms with Gasteiger partial charge in [-0.05, 0) is 19.1 Å². The van der Waals surface area contributed by atoms with Crippen LogP contribution in [0.15, 0.2) is 65.8 Å². The summed E-state index contributed by atoms with van der Waals surface area (Å²) in [7, 11) is 0. The fourth-order valence-electron chi connectivity index (χ4n) is 2.49. The number of non-ortho nitro benzene ring substituents is 1. The first-order valence-corrected chi connectivity index (χ1v) is 9.78. The number of nitrogens with one attached hydrogen (secondary N) is 2. The van der Waals surface area contributed by atoms with Gasteiger partial charge in [0.25, 0.3) is 11.6 Å². The minimum atomic E-state index is -0.657. The molecule has 0 bridgehead atoms. The van der Waals surface area contributed by atoms with Crippen molar-refractivity contribution in [3.63, 3.8) is 0 Å². The SMILES string of the molecule is Cc1cc(-c2ccccc2)nc(SCC(=O)NNC(=O)c2cccc([N+](=O)[O-])c2)n1. The number of nitro benzene ring substituents is 1. The lowest BCUT2D eigenvalue weighted by molar-refractivity contribution is -0.384. The van der Waals surface area contributed by atoms with Crippen molar-refractivity contribution in [3.05, 3.63) is 82.0 Å². The highest BCUT2D eigenvalue weighted by atomic mass is 32.2. The van der Waals surface area contributed by atoms with E-state index in [2.05, 4.69) is 20.8 Å². The molecule has 0 unspecified atom stereocenters. The largest absolute Gasteiger partial charge is 0.272 e. The van der Waals surface area contributed by atoms with Gasteiger partial charge in [0, 0.05) is 29.0 Å². The van der Waals surface area contributed by atoms with Crippen LogP contribution in [0.1, 0.15) is 16.1 Å². The summed E-state index contributed by atoms with van der Waals surface area (Å²) in [6.45, 7) is 1.84. The highest BCUT2D eigenvalue weighted by Crippen LogP contribution is 2.21. The number of hydrazine groups is 1. The summed E-state index contributed by atoms with van der Waals surface area (Å²) in [6.07, 6.45) is 0. The maximum absolute atomic E-state index is 12.1. The first-order valence-electron chi connectivity index (χ1n) is 8.80. The quantitative estimate of drug-likeness (QED) is 0.270. The number of nitro groups is 1. The molecule has 1 aromatic heterocycles. The number of rotatable bonds is 6. The highest BCUT2D eigenvalue weighted by Gasteiger charge is 2.13. The van der Waals surface area contributed by atoms with Gasteiger partial charge in [0.15, 0.2) is 5.16 Å². The van der Waals surface area contributed by atoms with Crippen molar-refractivity contribution in [3.8, 4) is 11.3 Å². The summed E-state index contributed by atoms with van der Waals surface area (Å²) in [5, 5.41) is 11.2. The Hall–Kier alpha value is -3.79. The first-order chi connectivity index (χ1) is 14.4. The van der Waals surface area contributed by atoms with Crippen molar-refractivity contribution in [2.75, 3.05) is 5.75 Å². The lowest BCUT2D eigenvalue weighted by Gasteiger charge is -2.08. The number of hydrogen-bond acceptors (Lipinski definition) is 7. The van der Waals surface area contributed by atoms with Crippen LogP contribution in [0.3, 0.4) is 0 Å². The maximum atomic E-state index is 12.1. The van der Waals surface area contributed by atoms with Crippen LogP contribution in [0.4, 0.5) is 5.69 Å². The van der Waals surface area contributed by atoms with Crippen LogP contribution >= 0.6 is 11.8 Å². The predicted molar refractivity (Wildman–Crippen MR) is 112 cm³/mol. The Morgan fingerprint density at radius 2 is 1.80 bits per heavy atom. The Kier molecular flexibility index (Phi) is 6.71. The van der Waals surface area contributed by atoms with Crippen molar-refractivity contribution in [2.45, 2.75) is 12.1 Å². The van der Waals surface area contributed by atoms with Crippen LogP contribution < -0.4 is 10.9 Å². The van der Waals surface area contributed by atoms with E-state index in [1.54, 1.807) is 0 Å².